The Balaban J connectivity index is 1.47. The van der Waals surface area contributed by atoms with E-state index in [4.69, 9.17) is 0 Å². The van der Waals surface area contributed by atoms with Crippen LogP contribution in [0.1, 0.15) is 56.6 Å². The van der Waals surface area contributed by atoms with Crippen LogP contribution in [0.5, 0.6) is 0 Å². The van der Waals surface area contributed by atoms with Gasteiger partial charge in [0.25, 0.3) is 5.91 Å². The van der Waals surface area contributed by atoms with E-state index in [-0.39, 0.29) is 11.8 Å². The fourth-order valence-corrected chi connectivity index (χ4v) is 3.98. The Hall–Kier alpha value is -3.29. The Morgan fingerprint density at radius 3 is 2.44 bits per heavy atom. The van der Waals surface area contributed by atoms with Crippen molar-refractivity contribution in [3.8, 4) is 0 Å². The molecule has 3 heterocycles. The van der Waals surface area contributed by atoms with Crippen molar-refractivity contribution in [2.24, 2.45) is 0 Å². The van der Waals surface area contributed by atoms with Crippen LogP contribution in [0, 0.1) is 13.8 Å². The maximum atomic E-state index is 12.8. The van der Waals surface area contributed by atoms with Gasteiger partial charge in [-0.15, -0.1) is 0 Å². The lowest BCUT2D eigenvalue weighted by atomic mass is 9.98. The molecule has 2 aromatic heterocycles. The van der Waals surface area contributed by atoms with Crippen LogP contribution < -0.4 is 0 Å². The molecule has 0 saturated carbocycles. The first-order valence-electron chi connectivity index (χ1n) is 10.4. The summed E-state index contributed by atoms with van der Waals surface area (Å²) >= 11 is 0. The number of carbonyl (C=O) groups excluding carboxylic acids is 1. The average molecular weight is 440 g/mol. The van der Waals surface area contributed by atoms with Crippen molar-refractivity contribution in [2.45, 2.75) is 38.8 Å². The van der Waals surface area contributed by atoms with Gasteiger partial charge in [0.1, 0.15) is 5.69 Å². The number of amides is 1. The minimum Gasteiger partial charge on any atom is -0.337 e. The number of hydrogen-bond donors (Lipinski definition) is 0. The second kappa shape index (κ2) is 8.68. The highest BCUT2D eigenvalue weighted by Crippen LogP contribution is 2.30. The number of rotatable bonds is 4. The molecule has 4 rings (SSSR count). The summed E-state index contributed by atoms with van der Waals surface area (Å²) in [4.78, 5) is 27.5. The predicted octanol–water partition coefficient (Wildman–Crippen LogP) is 4.73. The molecule has 0 radical (unpaired) electrons. The van der Waals surface area contributed by atoms with E-state index in [1.165, 1.54) is 18.3 Å². The first-order chi connectivity index (χ1) is 15.2. The van der Waals surface area contributed by atoms with Crippen molar-refractivity contribution in [2.75, 3.05) is 13.1 Å². The zero-order chi connectivity index (χ0) is 22.9. The summed E-state index contributed by atoms with van der Waals surface area (Å²) in [6, 6.07) is 9.18. The number of carbonyl (C=O) groups is 1. The molecule has 1 aliphatic rings. The van der Waals surface area contributed by atoms with Gasteiger partial charge in [0.2, 0.25) is 0 Å². The van der Waals surface area contributed by atoms with Crippen LogP contribution in [0.3, 0.4) is 0 Å². The third kappa shape index (κ3) is 4.95. The molecule has 32 heavy (non-hydrogen) atoms. The van der Waals surface area contributed by atoms with E-state index < -0.39 is 11.7 Å². The number of likely N-dealkylation sites (tertiary alicyclic amines) is 1. The normalized spacial score (nSPS) is 16.4. The number of pyridine rings is 1. The van der Waals surface area contributed by atoms with E-state index in [9.17, 15) is 18.0 Å². The van der Waals surface area contributed by atoms with Crippen LogP contribution in [0.4, 0.5) is 13.2 Å². The van der Waals surface area contributed by atoms with E-state index in [1.54, 1.807) is 11.1 Å². The van der Waals surface area contributed by atoms with Gasteiger partial charge in [0.05, 0.1) is 17.5 Å². The summed E-state index contributed by atoms with van der Waals surface area (Å²) < 4.78 is 38.4. The van der Waals surface area contributed by atoms with E-state index in [1.807, 2.05) is 26.0 Å². The molecule has 1 fully saturated rings. The highest BCUT2D eigenvalue weighted by atomic mass is 19.4. The third-order valence-electron chi connectivity index (χ3n) is 5.62. The number of benzene rings is 1. The second-order valence-corrected chi connectivity index (χ2v) is 8.19. The Bertz CT molecular complexity index is 1110. The molecule has 1 saturated heterocycles. The number of hydrogen-bond acceptors (Lipinski definition) is 4. The largest absolute Gasteiger partial charge is 0.416 e. The van der Waals surface area contributed by atoms with Gasteiger partial charge in [-0.2, -0.15) is 13.2 Å². The SMILES string of the molecule is Cc1cnc(C(=O)N2CC[C@H](c3cc(Cc4ccc(C(F)(F)F)cc4)cc(C)n3)C2)cn1. The molecule has 8 heteroatoms. The lowest BCUT2D eigenvalue weighted by molar-refractivity contribution is -0.137. The smallest absolute Gasteiger partial charge is 0.337 e. The van der Waals surface area contributed by atoms with Gasteiger partial charge in [-0.25, -0.2) is 4.98 Å². The number of alkyl halides is 3. The first kappa shape index (κ1) is 21.9. The van der Waals surface area contributed by atoms with Crippen LogP contribution in [0.15, 0.2) is 48.8 Å². The highest BCUT2D eigenvalue weighted by Gasteiger charge is 2.31. The molecule has 0 bridgehead atoms. The summed E-state index contributed by atoms with van der Waals surface area (Å²) in [5.41, 5.74) is 3.97. The monoisotopic (exact) mass is 440 g/mol. The standard InChI is InChI=1S/C24H23F3N4O/c1-15-9-18(10-17-3-5-20(6-4-17)24(25,26)27)11-21(30-15)19-7-8-31(14-19)23(32)22-13-28-16(2)12-29-22/h3-6,9,11-13,19H,7-8,10,14H2,1-2H3/t19-/m0/s1. The third-order valence-corrected chi connectivity index (χ3v) is 5.62. The van der Waals surface area contributed by atoms with Crippen molar-refractivity contribution in [3.05, 3.63) is 88.3 Å². The molecule has 0 aliphatic carbocycles. The van der Waals surface area contributed by atoms with Gasteiger partial charge in [-0.3, -0.25) is 14.8 Å². The Morgan fingerprint density at radius 2 is 1.78 bits per heavy atom. The second-order valence-electron chi connectivity index (χ2n) is 8.19. The molecule has 0 spiro atoms. The van der Waals surface area contributed by atoms with E-state index in [0.29, 0.717) is 25.2 Å². The summed E-state index contributed by atoms with van der Waals surface area (Å²) in [6.07, 6.45) is 0.0490. The predicted molar refractivity (Wildman–Crippen MR) is 113 cm³/mol. The molecular weight excluding hydrogens is 417 g/mol. The maximum absolute atomic E-state index is 12.8. The average Bonchev–Trinajstić information content (AvgIpc) is 3.23. The molecule has 5 nitrogen and oxygen atoms in total. The number of nitrogens with zero attached hydrogens (tertiary/aromatic N) is 4. The number of aryl methyl sites for hydroxylation is 2. The molecule has 1 aliphatic heterocycles. The van der Waals surface area contributed by atoms with Gasteiger partial charge >= 0.3 is 6.18 Å². The molecule has 166 valence electrons. The summed E-state index contributed by atoms with van der Waals surface area (Å²) in [7, 11) is 0. The zero-order valence-corrected chi connectivity index (χ0v) is 17.9. The van der Waals surface area contributed by atoms with E-state index in [0.717, 1.165) is 46.8 Å². The molecular formula is C24H23F3N4O. The van der Waals surface area contributed by atoms with Crippen LogP contribution in [-0.4, -0.2) is 38.8 Å². The van der Waals surface area contributed by atoms with Crippen molar-refractivity contribution in [1.29, 1.82) is 0 Å². The van der Waals surface area contributed by atoms with Gasteiger partial charge in [-0.1, -0.05) is 12.1 Å². The van der Waals surface area contributed by atoms with Gasteiger partial charge in [0, 0.05) is 36.6 Å². The first-order valence-corrected chi connectivity index (χ1v) is 10.4. The molecule has 0 N–H and O–H groups in total. The van der Waals surface area contributed by atoms with E-state index >= 15 is 0 Å². The summed E-state index contributed by atoms with van der Waals surface area (Å²) in [5, 5.41) is 0. The van der Waals surface area contributed by atoms with Crippen LogP contribution >= 0.6 is 0 Å². The molecule has 1 aromatic carbocycles. The van der Waals surface area contributed by atoms with Crippen molar-refractivity contribution in [3.63, 3.8) is 0 Å². The summed E-state index contributed by atoms with van der Waals surface area (Å²) in [5.74, 6) is -0.0405. The quantitative estimate of drug-likeness (QED) is 0.589. The zero-order valence-electron chi connectivity index (χ0n) is 17.9. The minimum atomic E-state index is -4.34. The summed E-state index contributed by atoms with van der Waals surface area (Å²) in [6.45, 7) is 4.88. The van der Waals surface area contributed by atoms with Crippen molar-refractivity contribution >= 4 is 5.91 Å². The van der Waals surface area contributed by atoms with Gasteiger partial charge in [-0.05, 0) is 62.1 Å². The molecule has 1 amide bonds. The van der Waals surface area contributed by atoms with Crippen LogP contribution in [0.25, 0.3) is 0 Å². The highest BCUT2D eigenvalue weighted by molar-refractivity contribution is 5.92. The van der Waals surface area contributed by atoms with Gasteiger partial charge < -0.3 is 4.90 Å². The minimum absolute atomic E-state index is 0.101. The number of aromatic nitrogens is 3. The van der Waals surface area contributed by atoms with Crippen LogP contribution in [-0.2, 0) is 12.6 Å². The topological polar surface area (TPSA) is 59.0 Å². The maximum Gasteiger partial charge on any atom is 0.416 e. The molecule has 3 aromatic rings. The Labute approximate surface area is 184 Å². The Morgan fingerprint density at radius 1 is 1.03 bits per heavy atom. The Kier molecular flexibility index (Phi) is 5.95. The van der Waals surface area contributed by atoms with Crippen molar-refractivity contribution in [1.82, 2.24) is 19.9 Å². The lowest BCUT2D eigenvalue weighted by Gasteiger charge is -2.16. The lowest BCUT2D eigenvalue weighted by Crippen LogP contribution is -2.29. The molecule has 1 atom stereocenters. The fourth-order valence-electron chi connectivity index (χ4n) is 3.98. The van der Waals surface area contributed by atoms with Crippen molar-refractivity contribution < 1.29 is 18.0 Å². The van der Waals surface area contributed by atoms with Gasteiger partial charge in [0.15, 0.2) is 0 Å². The number of halogens is 3. The molecule has 0 unspecified atom stereocenters. The van der Waals surface area contributed by atoms with Crippen LogP contribution in [0.2, 0.25) is 0 Å². The fraction of sp³-hybridized carbons (Fsp3) is 0.333. The van der Waals surface area contributed by atoms with E-state index in [2.05, 4.69) is 15.0 Å².